The predicted molar refractivity (Wildman–Crippen MR) is 116 cm³/mol. The smallest absolute Gasteiger partial charge is 0.263 e. The van der Waals surface area contributed by atoms with Crippen molar-refractivity contribution in [3.8, 4) is 11.6 Å². The number of H-pyrrole nitrogens is 1. The molecule has 150 valence electrons. The number of imidazole rings is 1. The number of ether oxygens (including phenoxy) is 2. The maximum Gasteiger partial charge on any atom is 0.263 e. The third-order valence-electron chi connectivity index (χ3n) is 5.05. The van der Waals surface area contributed by atoms with E-state index in [1.165, 1.54) is 0 Å². The summed E-state index contributed by atoms with van der Waals surface area (Å²) < 4.78 is 11.5. The lowest BCUT2D eigenvalue weighted by Gasteiger charge is -2.28. The zero-order valence-corrected chi connectivity index (χ0v) is 16.4. The van der Waals surface area contributed by atoms with Crippen molar-refractivity contribution in [3.05, 3.63) is 78.9 Å². The molecule has 7 heteroatoms. The minimum atomic E-state index is 0.489. The Morgan fingerprint density at radius 1 is 1.00 bits per heavy atom. The Kier molecular flexibility index (Phi) is 4.86. The molecular formula is C23H21N5O2. The van der Waals surface area contributed by atoms with Crippen LogP contribution in [0.25, 0.3) is 16.6 Å². The molecule has 4 aromatic rings. The Morgan fingerprint density at radius 3 is 2.57 bits per heavy atom. The van der Waals surface area contributed by atoms with E-state index < -0.39 is 0 Å². The normalized spacial score (nSPS) is 14.1. The van der Waals surface area contributed by atoms with Crippen molar-refractivity contribution in [2.45, 2.75) is 0 Å². The second-order valence-corrected chi connectivity index (χ2v) is 6.99. The van der Waals surface area contributed by atoms with Gasteiger partial charge in [-0.25, -0.2) is 15.0 Å². The number of morpholine rings is 1. The minimum Gasteiger partial charge on any atom is -0.436 e. The number of aromatic amines is 1. The molecular weight excluding hydrogens is 378 g/mol. The molecule has 2 aromatic carbocycles. The highest BCUT2D eigenvalue weighted by molar-refractivity contribution is 5.82. The van der Waals surface area contributed by atoms with Crippen molar-refractivity contribution in [1.29, 1.82) is 0 Å². The Labute approximate surface area is 174 Å². The molecule has 0 radical (unpaired) electrons. The van der Waals surface area contributed by atoms with Crippen LogP contribution in [0.15, 0.2) is 67.5 Å². The van der Waals surface area contributed by atoms with E-state index in [0.29, 0.717) is 24.8 Å². The van der Waals surface area contributed by atoms with E-state index in [2.05, 4.69) is 31.4 Å². The summed E-state index contributed by atoms with van der Waals surface area (Å²) in [6, 6.07) is 15.7. The largest absolute Gasteiger partial charge is 0.436 e. The van der Waals surface area contributed by atoms with Crippen LogP contribution in [-0.2, 0) is 4.74 Å². The van der Waals surface area contributed by atoms with Gasteiger partial charge < -0.3 is 19.4 Å². The summed E-state index contributed by atoms with van der Waals surface area (Å²) in [5.41, 5.74) is 3.71. The topological polar surface area (TPSA) is 76.2 Å². The van der Waals surface area contributed by atoms with Crippen LogP contribution in [0.2, 0.25) is 0 Å². The second-order valence-electron chi connectivity index (χ2n) is 6.99. The molecule has 1 saturated heterocycles. The fourth-order valence-electron chi connectivity index (χ4n) is 3.45. The average molecular weight is 399 g/mol. The number of rotatable bonds is 5. The summed E-state index contributed by atoms with van der Waals surface area (Å²) in [5.74, 6) is 2.67. The summed E-state index contributed by atoms with van der Waals surface area (Å²) in [7, 11) is 0. The lowest BCUT2D eigenvalue weighted by atomic mass is 10.1. The quantitative estimate of drug-likeness (QED) is 0.546. The SMILES string of the molecule is C=C(c1ccc(Oc2nccnc2N2CCOCC2)cc1)c1nc2ccccc2[nH]1. The first kappa shape index (κ1) is 18.3. The highest BCUT2D eigenvalue weighted by atomic mass is 16.5. The number of benzene rings is 2. The van der Waals surface area contributed by atoms with Gasteiger partial charge in [-0.15, -0.1) is 0 Å². The van der Waals surface area contributed by atoms with Crippen LogP contribution in [0, 0.1) is 0 Å². The first-order valence-corrected chi connectivity index (χ1v) is 9.84. The molecule has 0 amide bonds. The van der Waals surface area contributed by atoms with E-state index in [1.807, 2.05) is 48.5 Å². The molecule has 3 heterocycles. The third-order valence-corrected chi connectivity index (χ3v) is 5.05. The molecule has 1 N–H and O–H groups in total. The summed E-state index contributed by atoms with van der Waals surface area (Å²) in [6.45, 7) is 7.09. The van der Waals surface area contributed by atoms with Crippen LogP contribution >= 0.6 is 0 Å². The molecule has 7 nitrogen and oxygen atoms in total. The van der Waals surface area contributed by atoms with Crippen molar-refractivity contribution in [2.24, 2.45) is 0 Å². The fourth-order valence-corrected chi connectivity index (χ4v) is 3.45. The van der Waals surface area contributed by atoms with E-state index in [1.54, 1.807) is 12.4 Å². The molecule has 0 spiro atoms. The van der Waals surface area contributed by atoms with Crippen LogP contribution < -0.4 is 9.64 Å². The lowest BCUT2D eigenvalue weighted by molar-refractivity contribution is 0.122. The summed E-state index contributed by atoms with van der Waals surface area (Å²) in [4.78, 5) is 18.9. The Balaban J connectivity index is 1.35. The Hall–Kier alpha value is -3.71. The van der Waals surface area contributed by atoms with Gasteiger partial charge in [0.05, 0.1) is 24.2 Å². The summed E-state index contributed by atoms with van der Waals surface area (Å²) >= 11 is 0. The van der Waals surface area contributed by atoms with Gasteiger partial charge in [0.1, 0.15) is 11.6 Å². The van der Waals surface area contributed by atoms with Crippen molar-refractivity contribution in [1.82, 2.24) is 19.9 Å². The number of anilines is 1. The molecule has 30 heavy (non-hydrogen) atoms. The minimum absolute atomic E-state index is 0.489. The first-order chi connectivity index (χ1) is 14.8. The van der Waals surface area contributed by atoms with Crippen LogP contribution in [0.4, 0.5) is 5.82 Å². The van der Waals surface area contributed by atoms with Gasteiger partial charge in [0.2, 0.25) is 0 Å². The molecule has 1 fully saturated rings. The number of fused-ring (bicyclic) bond motifs is 1. The van der Waals surface area contributed by atoms with Crippen LogP contribution in [0.3, 0.4) is 0 Å². The highest BCUT2D eigenvalue weighted by Crippen LogP contribution is 2.30. The van der Waals surface area contributed by atoms with E-state index in [9.17, 15) is 0 Å². The maximum absolute atomic E-state index is 6.04. The second kappa shape index (κ2) is 7.96. The van der Waals surface area contributed by atoms with Gasteiger partial charge in [-0.1, -0.05) is 30.8 Å². The predicted octanol–water partition coefficient (Wildman–Crippen LogP) is 4.04. The number of para-hydroxylation sites is 2. The summed E-state index contributed by atoms with van der Waals surface area (Å²) in [5, 5.41) is 0. The standard InChI is InChI=1S/C23H21N5O2/c1-16(21-26-19-4-2-3-5-20(19)27-21)17-6-8-18(9-7-17)30-23-22(24-10-11-25-23)28-12-14-29-15-13-28/h2-11H,1,12-15H2,(H,26,27). The number of hydrogen-bond donors (Lipinski definition) is 1. The van der Waals surface area contributed by atoms with Gasteiger partial charge in [0, 0.05) is 31.1 Å². The van der Waals surface area contributed by atoms with Gasteiger partial charge in [0.25, 0.3) is 5.88 Å². The number of aromatic nitrogens is 4. The van der Waals surface area contributed by atoms with Crippen LogP contribution in [-0.4, -0.2) is 46.2 Å². The maximum atomic E-state index is 6.04. The number of nitrogens with one attached hydrogen (secondary N) is 1. The van der Waals surface area contributed by atoms with Gasteiger partial charge in [-0.2, -0.15) is 0 Å². The average Bonchev–Trinajstić information content (AvgIpc) is 3.24. The highest BCUT2D eigenvalue weighted by Gasteiger charge is 2.18. The molecule has 0 bridgehead atoms. The fraction of sp³-hybridized carbons (Fsp3) is 0.174. The van der Waals surface area contributed by atoms with E-state index in [-0.39, 0.29) is 0 Å². The third kappa shape index (κ3) is 3.62. The van der Waals surface area contributed by atoms with E-state index >= 15 is 0 Å². The Bertz CT molecular complexity index is 1150. The van der Waals surface area contributed by atoms with Gasteiger partial charge in [-0.05, 0) is 29.8 Å². The number of nitrogens with zero attached hydrogens (tertiary/aromatic N) is 4. The van der Waals surface area contributed by atoms with E-state index in [0.717, 1.165) is 46.9 Å². The van der Waals surface area contributed by atoms with Crippen molar-refractivity contribution in [2.75, 3.05) is 31.2 Å². The zero-order valence-electron chi connectivity index (χ0n) is 16.4. The van der Waals surface area contributed by atoms with Gasteiger partial charge in [0.15, 0.2) is 5.82 Å². The molecule has 0 atom stereocenters. The van der Waals surface area contributed by atoms with Crippen LogP contribution in [0.1, 0.15) is 11.4 Å². The molecule has 5 rings (SSSR count). The molecule has 0 saturated carbocycles. The zero-order chi connectivity index (χ0) is 20.3. The lowest BCUT2D eigenvalue weighted by Crippen LogP contribution is -2.37. The van der Waals surface area contributed by atoms with Gasteiger partial charge >= 0.3 is 0 Å². The van der Waals surface area contributed by atoms with Crippen LogP contribution in [0.5, 0.6) is 11.6 Å². The first-order valence-electron chi connectivity index (χ1n) is 9.84. The summed E-state index contributed by atoms with van der Waals surface area (Å²) in [6.07, 6.45) is 3.31. The Morgan fingerprint density at radius 2 is 1.77 bits per heavy atom. The molecule has 2 aromatic heterocycles. The van der Waals surface area contributed by atoms with Crippen molar-refractivity contribution in [3.63, 3.8) is 0 Å². The molecule has 1 aliphatic heterocycles. The van der Waals surface area contributed by atoms with Crippen molar-refractivity contribution < 1.29 is 9.47 Å². The van der Waals surface area contributed by atoms with Gasteiger partial charge in [-0.3, -0.25) is 0 Å². The molecule has 1 aliphatic rings. The molecule has 0 aliphatic carbocycles. The molecule has 0 unspecified atom stereocenters. The van der Waals surface area contributed by atoms with E-state index in [4.69, 9.17) is 9.47 Å². The number of hydrogen-bond acceptors (Lipinski definition) is 6. The van der Waals surface area contributed by atoms with Crippen molar-refractivity contribution >= 4 is 22.4 Å². The monoisotopic (exact) mass is 399 g/mol.